The van der Waals surface area contributed by atoms with Gasteiger partial charge in [0.2, 0.25) is 11.9 Å². The van der Waals surface area contributed by atoms with Gasteiger partial charge < -0.3 is 29.5 Å². The Morgan fingerprint density at radius 2 is 1.72 bits per heavy atom. The first-order chi connectivity index (χ1) is 27.4. The van der Waals surface area contributed by atoms with E-state index in [1.165, 1.54) is 35.2 Å². The van der Waals surface area contributed by atoms with E-state index in [0.29, 0.717) is 12.0 Å². The highest BCUT2D eigenvalue weighted by atomic mass is 31.2. The molecule has 22 heteroatoms. The predicted octanol–water partition coefficient (Wildman–Crippen LogP) is 2.93. The van der Waals surface area contributed by atoms with Crippen molar-refractivity contribution < 1.29 is 47.3 Å². The van der Waals surface area contributed by atoms with E-state index in [0.717, 1.165) is 0 Å². The van der Waals surface area contributed by atoms with Gasteiger partial charge in [-0.25, -0.2) is 24.3 Å². The second kappa shape index (κ2) is 16.5. The molecule has 304 valence electrons. The molecule has 2 fully saturated rings. The number of alkyl halides is 1. The van der Waals surface area contributed by atoms with E-state index in [2.05, 4.69) is 40.5 Å². The number of fused-ring (bicyclic) bond motifs is 2. The van der Waals surface area contributed by atoms with Crippen molar-refractivity contribution in [1.82, 2.24) is 39.0 Å². The van der Waals surface area contributed by atoms with E-state index in [4.69, 9.17) is 18.5 Å². The number of carbonyl (C=O) groups is 2. The Morgan fingerprint density at radius 1 is 1.02 bits per heavy atom. The summed E-state index contributed by atoms with van der Waals surface area (Å²) in [6.45, 7) is 4.75. The quantitative estimate of drug-likeness (QED) is 0.101. The van der Waals surface area contributed by atoms with Gasteiger partial charge in [-0.05, 0) is 25.0 Å². The molecule has 2 saturated heterocycles. The number of nitrogens with zero attached hydrogens (tertiary/aromatic N) is 7. The SMILES string of the molecule is CCC1OC(n2cnc3c(=O)[nH]c(NC(=O)C(C)C)nc32)C(OP(=O)(CCC2OC(n3cnc4c(NC(=O)c5ccccc5)ncnc43)C(F)C2O)OC)C1CO. The summed E-state index contributed by atoms with van der Waals surface area (Å²) in [6, 6.07) is 8.45. The van der Waals surface area contributed by atoms with E-state index in [9.17, 15) is 29.2 Å². The molecule has 7 rings (SSSR count). The van der Waals surface area contributed by atoms with Crippen LogP contribution in [-0.2, 0) is 27.9 Å². The maximum Gasteiger partial charge on any atom is 0.330 e. The minimum Gasteiger partial charge on any atom is -0.396 e. The lowest BCUT2D eigenvalue weighted by Crippen LogP contribution is -2.32. The number of ether oxygens (including phenoxy) is 2. The smallest absolute Gasteiger partial charge is 0.330 e. The van der Waals surface area contributed by atoms with Gasteiger partial charge in [-0.15, -0.1) is 0 Å². The Labute approximate surface area is 323 Å². The number of aromatic amines is 1. The minimum absolute atomic E-state index is 0.0302. The number of aliphatic hydroxyl groups excluding tert-OH is 2. The van der Waals surface area contributed by atoms with Crippen molar-refractivity contribution in [2.24, 2.45) is 11.8 Å². The zero-order valence-electron chi connectivity index (χ0n) is 31.3. The number of rotatable bonds is 14. The van der Waals surface area contributed by atoms with Crippen LogP contribution in [0.4, 0.5) is 16.2 Å². The predicted molar refractivity (Wildman–Crippen MR) is 200 cm³/mol. The van der Waals surface area contributed by atoms with E-state index in [1.54, 1.807) is 44.2 Å². The Balaban J connectivity index is 1.09. The molecule has 20 nitrogen and oxygen atoms in total. The molecule has 9 unspecified atom stereocenters. The molecule has 1 aromatic carbocycles. The fraction of sp³-hybridized carbons (Fsp3) is 0.486. The summed E-state index contributed by atoms with van der Waals surface area (Å²) in [5.74, 6) is -2.00. The minimum atomic E-state index is -4.11. The summed E-state index contributed by atoms with van der Waals surface area (Å²) >= 11 is 0. The van der Waals surface area contributed by atoms with E-state index < -0.39 is 80.5 Å². The maximum absolute atomic E-state index is 15.8. The summed E-state index contributed by atoms with van der Waals surface area (Å²) in [6.07, 6.45) is -5.45. The number of imidazole rings is 2. The molecule has 0 bridgehead atoms. The average Bonchev–Trinajstić information content (AvgIpc) is 3.98. The van der Waals surface area contributed by atoms with E-state index in [1.807, 2.05) is 6.92 Å². The molecule has 57 heavy (non-hydrogen) atoms. The molecule has 5 N–H and O–H groups in total. The third kappa shape index (κ3) is 7.83. The normalized spacial score (nSPS) is 26.0. The highest BCUT2D eigenvalue weighted by Gasteiger charge is 2.50. The number of benzene rings is 1. The van der Waals surface area contributed by atoms with Crippen molar-refractivity contribution in [1.29, 1.82) is 0 Å². The summed E-state index contributed by atoms with van der Waals surface area (Å²) in [5, 5.41) is 26.7. The van der Waals surface area contributed by atoms with Crippen molar-refractivity contribution in [3.8, 4) is 0 Å². The number of aromatic nitrogens is 8. The van der Waals surface area contributed by atoms with Crippen molar-refractivity contribution in [3.05, 3.63) is 65.2 Å². The first-order valence-electron chi connectivity index (χ1n) is 18.2. The van der Waals surface area contributed by atoms with E-state index in [-0.39, 0.29) is 52.6 Å². The van der Waals surface area contributed by atoms with Crippen LogP contribution in [0.3, 0.4) is 0 Å². The van der Waals surface area contributed by atoms with Crippen molar-refractivity contribution in [2.75, 3.05) is 30.5 Å². The summed E-state index contributed by atoms with van der Waals surface area (Å²) < 4.78 is 56.7. The molecule has 6 heterocycles. The van der Waals surface area contributed by atoms with Gasteiger partial charge in [0.1, 0.15) is 18.5 Å². The van der Waals surface area contributed by atoms with E-state index >= 15 is 4.39 Å². The van der Waals surface area contributed by atoms with Crippen LogP contribution in [0, 0.1) is 11.8 Å². The molecular formula is C35H42FN10O10P. The Kier molecular flexibility index (Phi) is 11.6. The van der Waals surface area contributed by atoms with Crippen LogP contribution in [0.5, 0.6) is 0 Å². The van der Waals surface area contributed by atoms with Crippen molar-refractivity contribution in [2.45, 2.75) is 76.7 Å². The van der Waals surface area contributed by atoms with Crippen LogP contribution in [0.1, 0.15) is 56.4 Å². The van der Waals surface area contributed by atoms with Crippen LogP contribution >= 0.6 is 7.60 Å². The van der Waals surface area contributed by atoms with Crippen LogP contribution in [0.15, 0.2) is 54.1 Å². The zero-order chi connectivity index (χ0) is 40.6. The number of H-pyrrole nitrogens is 1. The number of aliphatic hydroxyl groups is 2. The molecule has 0 spiro atoms. The van der Waals surface area contributed by atoms with Crippen LogP contribution in [-0.4, -0.2) is 112 Å². The number of anilines is 2. The van der Waals surface area contributed by atoms with Crippen LogP contribution in [0.2, 0.25) is 0 Å². The van der Waals surface area contributed by atoms with Crippen molar-refractivity contribution in [3.63, 3.8) is 0 Å². The Morgan fingerprint density at radius 3 is 2.40 bits per heavy atom. The molecule has 5 aromatic rings. The molecule has 2 aliphatic heterocycles. The fourth-order valence-electron chi connectivity index (χ4n) is 6.91. The lowest BCUT2D eigenvalue weighted by atomic mass is 9.97. The van der Waals surface area contributed by atoms with Gasteiger partial charge in [-0.3, -0.25) is 42.9 Å². The van der Waals surface area contributed by atoms with Gasteiger partial charge in [0.25, 0.3) is 11.5 Å². The van der Waals surface area contributed by atoms with Gasteiger partial charge in [0.05, 0.1) is 37.6 Å². The van der Waals surface area contributed by atoms with Gasteiger partial charge in [-0.2, -0.15) is 4.98 Å². The number of halogens is 1. The first-order valence-corrected chi connectivity index (χ1v) is 20.0. The molecule has 2 aliphatic rings. The maximum atomic E-state index is 15.8. The molecule has 9 atom stereocenters. The molecule has 4 aromatic heterocycles. The van der Waals surface area contributed by atoms with Crippen LogP contribution in [0.25, 0.3) is 22.3 Å². The third-order valence-electron chi connectivity index (χ3n) is 10.0. The second-order valence-electron chi connectivity index (χ2n) is 13.9. The number of nitrogens with one attached hydrogen (secondary N) is 3. The van der Waals surface area contributed by atoms with Gasteiger partial charge in [0.15, 0.2) is 46.8 Å². The molecule has 0 aliphatic carbocycles. The first kappa shape index (κ1) is 40.2. The molecule has 2 amide bonds. The standard InChI is InChI=1S/C35H42FN10O10P/c1-5-20-19(13-47)26(34(54-20)46-16-40-24-29(46)42-35(44-32(24)51)43-30(49)17(2)3)56-57(52,53-4)12-11-21-25(48)22(36)33(55-21)45-15-39-23-27(37-14-38-28(23)45)41-31(50)18-9-7-6-8-10-18/h6-10,14-17,19-22,25-26,33-34,47-48H,5,11-13H2,1-4H3,(H,37,38,41,50)(H2,42,43,44,49,51). The van der Waals surface area contributed by atoms with Gasteiger partial charge in [0, 0.05) is 24.5 Å². The summed E-state index contributed by atoms with van der Waals surface area (Å²) in [4.78, 5) is 61.8. The van der Waals surface area contributed by atoms with Gasteiger partial charge in [-0.1, -0.05) is 39.0 Å². The number of amides is 2. The van der Waals surface area contributed by atoms with Crippen molar-refractivity contribution >= 4 is 53.5 Å². The monoisotopic (exact) mass is 812 g/mol. The molecule has 0 radical (unpaired) electrons. The highest BCUT2D eigenvalue weighted by Crippen LogP contribution is 2.55. The number of hydrogen-bond acceptors (Lipinski definition) is 15. The van der Waals surface area contributed by atoms with Crippen LogP contribution < -0.4 is 16.2 Å². The lowest BCUT2D eigenvalue weighted by Gasteiger charge is -2.28. The summed E-state index contributed by atoms with van der Waals surface area (Å²) in [5.41, 5.74) is 0.00479. The third-order valence-corrected chi connectivity index (χ3v) is 11.9. The Hall–Kier alpha value is -5.02. The van der Waals surface area contributed by atoms with Gasteiger partial charge >= 0.3 is 7.60 Å². The average molecular weight is 813 g/mol. The zero-order valence-corrected chi connectivity index (χ0v) is 32.2. The summed E-state index contributed by atoms with van der Waals surface area (Å²) in [7, 11) is -2.94. The number of hydrogen-bond donors (Lipinski definition) is 5. The highest BCUT2D eigenvalue weighted by molar-refractivity contribution is 7.53. The fourth-order valence-corrected chi connectivity index (χ4v) is 8.49. The molecular weight excluding hydrogens is 770 g/mol. The molecule has 0 saturated carbocycles. The Bertz CT molecular complexity index is 2360. The largest absolute Gasteiger partial charge is 0.396 e. The lowest BCUT2D eigenvalue weighted by molar-refractivity contribution is -0.118. The number of carbonyl (C=O) groups excluding carboxylic acids is 2. The topological polar surface area (TPSA) is 260 Å². The second-order valence-corrected chi connectivity index (χ2v) is 16.2.